The Bertz CT molecular complexity index is 759. The summed E-state index contributed by atoms with van der Waals surface area (Å²) in [6.07, 6.45) is 6.42. The molecule has 7 heteroatoms. The number of aromatic nitrogens is 3. The number of carbonyl (C=O) groups excluding carboxylic acids is 1. The van der Waals surface area contributed by atoms with Crippen molar-refractivity contribution in [3.8, 4) is 11.5 Å². The highest BCUT2D eigenvalue weighted by Crippen LogP contribution is 2.19. The molecular weight excluding hydrogens is 294 g/mol. The Hall–Kier alpha value is -3.22. The Morgan fingerprint density at radius 2 is 1.83 bits per heavy atom. The Kier molecular flexibility index (Phi) is 4.58. The summed E-state index contributed by atoms with van der Waals surface area (Å²) in [7, 11) is 0. The van der Waals surface area contributed by atoms with Crippen molar-refractivity contribution in [1.82, 2.24) is 25.6 Å². The number of hydrogen-bond donors (Lipinski definition) is 2. The van der Waals surface area contributed by atoms with Crippen LogP contribution in [0.1, 0.15) is 11.4 Å². The fourth-order valence-corrected chi connectivity index (χ4v) is 2.02. The molecule has 3 heterocycles. The monoisotopic (exact) mass is 309 g/mol. The van der Waals surface area contributed by atoms with E-state index in [4.69, 9.17) is 4.42 Å². The first-order valence-corrected chi connectivity index (χ1v) is 7.08. The number of nitrogens with zero attached hydrogens (tertiary/aromatic N) is 3. The van der Waals surface area contributed by atoms with Gasteiger partial charge in [0.05, 0.1) is 30.7 Å². The highest BCUT2D eigenvalue weighted by atomic mass is 16.3. The molecule has 23 heavy (non-hydrogen) atoms. The number of amides is 2. The number of rotatable bonds is 5. The second-order valence-corrected chi connectivity index (χ2v) is 4.69. The maximum atomic E-state index is 11.9. The zero-order valence-electron chi connectivity index (χ0n) is 12.3. The van der Waals surface area contributed by atoms with Crippen molar-refractivity contribution in [3.05, 3.63) is 66.6 Å². The molecule has 0 aliphatic rings. The molecule has 0 bridgehead atoms. The first-order chi connectivity index (χ1) is 11.3. The molecule has 0 fully saturated rings. The molecule has 0 saturated heterocycles. The maximum Gasteiger partial charge on any atom is 0.315 e. The molecule has 3 aromatic heterocycles. The molecule has 7 nitrogen and oxygen atoms in total. The molecule has 0 saturated carbocycles. The predicted octanol–water partition coefficient (Wildman–Crippen LogP) is 2.13. The van der Waals surface area contributed by atoms with Gasteiger partial charge < -0.3 is 15.1 Å². The van der Waals surface area contributed by atoms with E-state index < -0.39 is 0 Å². The summed E-state index contributed by atoms with van der Waals surface area (Å²) in [6, 6.07) is 8.82. The van der Waals surface area contributed by atoms with Crippen LogP contribution in [0.15, 0.2) is 59.6 Å². The lowest BCUT2D eigenvalue weighted by Gasteiger charge is -2.08. The van der Waals surface area contributed by atoms with Crippen LogP contribution in [0, 0.1) is 0 Å². The zero-order chi connectivity index (χ0) is 15.9. The van der Waals surface area contributed by atoms with Gasteiger partial charge in [0.25, 0.3) is 0 Å². The van der Waals surface area contributed by atoms with Crippen LogP contribution in [-0.4, -0.2) is 21.0 Å². The molecule has 3 rings (SSSR count). The predicted molar refractivity (Wildman–Crippen MR) is 83.0 cm³/mol. The number of nitrogens with one attached hydrogen (secondary N) is 2. The third-order valence-corrected chi connectivity index (χ3v) is 3.10. The van der Waals surface area contributed by atoms with E-state index in [1.165, 1.54) is 0 Å². The molecule has 3 aromatic rings. The smallest absolute Gasteiger partial charge is 0.315 e. The summed E-state index contributed by atoms with van der Waals surface area (Å²) >= 11 is 0. The minimum atomic E-state index is -0.299. The Labute approximate surface area is 132 Å². The van der Waals surface area contributed by atoms with E-state index >= 15 is 0 Å². The van der Waals surface area contributed by atoms with Gasteiger partial charge in [-0.3, -0.25) is 9.97 Å². The average molecular weight is 309 g/mol. The fourth-order valence-electron chi connectivity index (χ4n) is 2.02. The van der Waals surface area contributed by atoms with Crippen LogP contribution in [0.4, 0.5) is 4.79 Å². The highest BCUT2D eigenvalue weighted by Gasteiger charge is 2.11. The van der Waals surface area contributed by atoms with Crippen molar-refractivity contribution >= 4 is 6.03 Å². The van der Waals surface area contributed by atoms with E-state index in [0.29, 0.717) is 23.7 Å². The number of pyridine rings is 1. The average Bonchev–Trinajstić information content (AvgIpc) is 3.14. The van der Waals surface area contributed by atoms with Crippen molar-refractivity contribution in [2.24, 2.45) is 0 Å². The largest absolute Gasteiger partial charge is 0.463 e. The fraction of sp³-hybridized carbons (Fsp3) is 0.125. The molecule has 0 aromatic carbocycles. The van der Waals surface area contributed by atoms with E-state index in [9.17, 15) is 4.79 Å². The van der Waals surface area contributed by atoms with Crippen LogP contribution >= 0.6 is 0 Å². The lowest BCUT2D eigenvalue weighted by Crippen LogP contribution is -2.35. The van der Waals surface area contributed by atoms with Crippen LogP contribution in [0.5, 0.6) is 0 Å². The van der Waals surface area contributed by atoms with Crippen molar-refractivity contribution in [1.29, 1.82) is 0 Å². The number of furan rings is 1. The van der Waals surface area contributed by atoms with Gasteiger partial charge in [0.15, 0.2) is 5.76 Å². The van der Waals surface area contributed by atoms with Crippen molar-refractivity contribution in [2.75, 3.05) is 0 Å². The SMILES string of the molecule is O=C(NCc1ccccn1)NCc1nccnc1-c1ccco1. The van der Waals surface area contributed by atoms with Crippen molar-refractivity contribution in [3.63, 3.8) is 0 Å². The van der Waals surface area contributed by atoms with Crippen LogP contribution < -0.4 is 10.6 Å². The normalized spacial score (nSPS) is 10.3. The minimum absolute atomic E-state index is 0.248. The lowest BCUT2D eigenvalue weighted by molar-refractivity contribution is 0.240. The first-order valence-electron chi connectivity index (χ1n) is 7.08. The molecule has 0 atom stereocenters. The summed E-state index contributed by atoms with van der Waals surface area (Å²) in [5.74, 6) is 0.615. The summed E-state index contributed by atoms with van der Waals surface area (Å²) < 4.78 is 5.33. The van der Waals surface area contributed by atoms with Gasteiger partial charge in [-0.25, -0.2) is 9.78 Å². The van der Waals surface area contributed by atoms with Crippen LogP contribution in [-0.2, 0) is 13.1 Å². The highest BCUT2D eigenvalue weighted by molar-refractivity contribution is 5.74. The zero-order valence-corrected chi connectivity index (χ0v) is 12.3. The molecule has 2 N–H and O–H groups in total. The number of hydrogen-bond acceptors (Lipinski definition) is 5. The maximum absolute atomic E-state index is 11.9. The molecule has 2 amide bonds. The third-order valence-electron chi connectivity index (χ3n) is 3.10. The van der Waals surface area contributed by atoms with Gasteiger partial charge in [-0.15, -0.1) is 0 Å². The molecular formula is C16H15N5O2. The minimum Gasteiger partial charge on any atom is -0.463 e. The van der Waals surface area contributed by atoms with Gasteiger partial charge >= 0.3 is 6.03 Å². The topological polar surface area (TPSA) is 92.9 Å². The molecule has 0 aliphatic carbocycles. The van der Waals surface area contributed by atoms with Gasteiger partial charge in [0, 0.05) is 18.6 Å². The summed E-state index contributed by atoms with van der Waals surface area (Å²) in [5, 5.41) is 5.49. The van der Waals surface area contributed by atoms with Crippen molar-refractivity contribution in [2.45, 2.75) is 13.1 Å². The summed E-state index contributed by atoms with van der Waals surface area (Å²) in [5.41, 5.74) is 2.04. The Morgan fingerprint density at radius 3 is 2.61 bits per heavy atom. The summed E-state index contributed by atoms with van der Waals surface area (Å²) in [6.45, 7) is 0.607. The van der Waals surface area contributed by atoms with Gasteiger partial charge in [0.2, 0.25) is 0 Å². The second kappa shape index (κ2) is 7.17. The van der Waals surface area contributed by atoms with Crippen LogP contribution in [0.3, 0.4) is 0 Å². The molecule has 0 radical (unpaired) electrons. The number of carbonyl (C=O) groups is 1. The van der Waals surface area contributed by atoms with Gasteiger partial charge in [-0.2, -0.15) is 0 Å². The van der Waals surface area contributed by atoms with E-state index in [1.54, 1.807) is 37.0 Å². The molecule has 116 valence electrons. The van der Waals surface area contributed by atoms with Crippen LogP contribution in [0.25, 0.3) is 11.5 Å². The van der Waals surface area contributed by atoms with E-state index in [0.717, 1.165) is 5.69 Å². The summed E-state index contributed by atoms with van der Waals surface area (Å²) in [4.78, 5) is 24.5. The first kappa shape index (κ1) is 14.7. The molecule has 0 spiro atoms. The van der Waals surface area contributed by atoms with Gasteiger partial charge in [-0.05, 0) is 24.3 Å². The Balaban J connectivity index is 1.57. The number of urea groups is 1. The van der Waals surface area contributed by atoms with E-state index in [1.807, 2.05) is 18.2 Å². The van der Waals surface area contributed by atoms with Gasteiger partial charge in [0.1, 0.15) is 5.69 Å². The molecule has 0 unspecified atom stereocenters. The second-order valence-electron chi connectivity index (χ2n) is 4.69. The Morgan fingerprint density at radius 1 is 0.957 bits per heavy atom. The van der Waals surface area contributed by atoms with E-state index in [2.05, 4.69) is 25.6 Å². The van der Waals surface area contributed by atoms with Crippen molar-refractivity contribution < 1.29 is 9.21 Å². The van der Waals surface area contributed by atoms with E-state index in [-0.39, 0.29) is 12.6 Å². The molecule has 0 aliphatic heterocycles. The van der Waals surface area contributed by atoms with Gasteiger partial charge in [-0.1, -0.05) is 6.07 Å². The standard InChI is InChI=1S/C16H15N5O2/c22-16(20-10-12-4-1-2-6-17-12)21-11-13-15(19-8-7-18-13)14-5-3-9-23-14/h1-9H,10-11H2,(H2,20,21,22). The third kappa shape index (κ3) is 3.91. The quantitative estimate of drug-likeness (QED) is 0.753. The van der Waals surface area contributed by atoms with Crippen LogP contribution in [0.2, 0.25) is 0 Å². The lowest BCUT2D eigenvalue weighted by atomic mass is 10.2.